The Labute approximate surface area is 164 Å². The summed E-state index contributed by atoms with van der Waals surface area (Å²) < 4.78 is 25.4. The van der Waals surface area contributed by atoms with E-state index < -0.39 is 23.3 Å². The van der Waals surface area contributed by atoms with Crippen molar-refractivity contribution in [3.8, 4) is 5.75 Å². The molecule has 2 heterocycles. The predicted octanol–water partition coefficient (Wildman–Crippen LogP) is 4.20. The first-order valence-corrected chi connectivity index (χ1v) is 9.58. The minimum Gasteiger partial charge on any atom is -0.475 e. The number of amides is 1. The third-order valence-electron chi connectivity index (χ3n) is 4.43. The van der Waals surface area contributed by atoms with Gasteiger partial charge in [0.05, 0.1) is 28.9 Å². The molecule has 2 aromatic carbocycles. The van der Waals surface area contributed by atoms with Gasteiger partial charge in [0.2, 0.25) is 0 Å². The van der Waals surface area contributed by atoms with E-state index in [1.54, 1.807) is 50.2 Å². The summed E-state index contributed by atoms with van der Waals surface area (Å²) in [7, 11) is 0. The number of rotatable bonds is 4. The molecule has 0 saturated heterocycles. The maximum Gasteiger partial charge on any atom is 0.310 e. The Morgan fingerprint density at radius 2 is 2.07 bits per heavy atom. The third kappa shape index (κ3) is 2.99. The molecule has 1 unspecified atom stereocenters. The molecule has 3 aromatic rings. The lowest BCUT2D eigenvalue weighted by Crippen LogP contribution is -2.53. The molecule has 1 aliphatic rings. The van der Waals surface area contributed by atoms with Crippen LogP contribution in [0.3, 0.4) is 0 Å². The molecule has 8 heteroatoms. The van der Waals surface area contributed by atoms with Crippen molar-refractivity contribution in [1.82, 2.24) is 4.98 Å². The van der Waals surface area contributed by atoms with Crippen LogP contribution in [-0.2, 0) is 14.3 Å². The quantitative estimate of drug-likeness (QED) is 0.614. The summed E-state index contributed by atoms with van der Waals surface area (Å²) in [6, 6.07) is 11.6. The molecule has 0 fully saturated rings. The van der Waals surface area contributed by atoms with Crippen LogP contribution in [0.15, 0.2) is 42.5 Å². The number of aromatic nitrogens is 1. The second-order valence-corrected chi connectivity index (χ2v) is 7.49. The maximum absolute atomic E-state index is 14.1. The second-order valence-electron chi connectivity index (χ2n) is 6.51. The average molecular weight is 400 g/mol. The molecule has 0 aliphatic carbocycles. The predicted molar refractivity (Wildman–Crippen MR) is 103 cm³/mol. The van der Waals surface area contributed by atoms with E-state index in [-0.39, 0.29) is 13.0 Å². The first-order chi connectivity index (χ1) is 13.4. The van der Waals surface area contributed by atoms with Gasteiger partial charge in [-0.25, -0.2) is 14.3 Å². The Morgan fingerprint density at radius 1 is 1.29 bits per heavy atom. The molecule has 0 radical (unpaired) electrons. The van der Waals surface area contributed by atoms with Crippen molar-refractivity contribution < 1.29 is 23.5 Å². The molecule has 0 bridgehead atoms. The maximum atomic E-state index is 14.1. The van der Waals surface area contributed by atoms with Crippen LogP contribution < -0.4 is 9.64 Å². The molecular weight excluding hydrogens is 383 g/mol. The molecule has 1 amide bonds. The number of para-hydroxylation sites is 2. The number of halogens is 1. The van der Waals surface area contributed by atoms with Gasteiger partial charge in [0, 0.05) is 0 Å². The van der Waals surface area contributed by atoms with E-state index in [0.29, 0.717) is 26.8 Å². The van der Waals surface area contributed by atoms with E-state index in [9.17, 15) is 14.0 Å². The van der Waals surface area contributed by atoms with E-state index in [4.69, 9.17) is 9.47 Å². The molecule has 1 aromatic heterocycles. The van der Waals surface area contributed by atoms with Crippen LogP contribution in [0.2, 0.25) is 0 Å². The van der Waals surface area contributed by atoms with Crippen LogP contribution in [0.4, 0.5) is 15.2 Å². The Hall–Kier alpha value is -3.00. The standard InChI is InChI=1S/C20H17FN2O4S/c1-3-26-16(24)11-20(2)18(25)23(14-9-4-5-10-15(14)27-20)19-22-13-8-6-7-12(21)17(13)28-19/h4-10H,3,11H2,1-2H3. The van der Waals surface area contributed by atoms with Crippen LogP contribution in [0.25, 0.3) is 10.2 Å². The van der Waals surface area contributed by atoms with Gasteiger partial charge in [0.15, 0.2) is 10.7 Å². The van der Waals surface area contributed by atoms with Crippen LogP contribution in [0, 0.1) is 5.82 Å². The fraction of sp³-hybridized carbons (Fsp3) is 0.250. The fourth-order valence-corrected chi connectivity index (χ4v) is 4.13. The van der Waals surface area contributed by atoms with Crippen molar-refractivity contribution in [3.63, 3.8) is 0 Å². The normalized spacial score (nSPS) is 18.7. The van der Waals surface area contributed by atoms with Gasteiger partial charge in [-0.05, 0) is 38.1 Å². The van der Waals surface area contributed by atoms with Crippen molar-refractivity contribution in [2.75, 3.05) is 11.5 Å². The molecule has 4 rings (SSSR count). The zero-order valence-electron chi connectivity index (χ0n) is 15.3. The summed E-state index contributed by atoms with van der Waals surface area (Å²) in [6.45, 7) is 3.45. The summed E-state index contributed by atoms with van der Waals surface area (Å²) in [4.78, 5) is 31.3. The molecule has 0 saturated carbocycles. The lowest BCUT2D eigenvalue weighted by Gasteiger charge is -2.39. The molecule has 28 heavy (non-hydrogen) atoms. The van der Waals surface area contributed by atoms with Gasteiger partial charge in [0.1, 0.15) is 11.6 Å². The van der Waals surface area contributed by atoms with E-state index >= 15 is 0 Å². The molecule has 144 valence electrons. The van der Waals surface area contributed by atoms with E-state index in [0.717, 1.165) is 11.3 Å². The van der Waals surface area contributed by atoms with E-state index in [1.807, 2.05) is 0 Å². The highest BCUT2D eigenvalue weighted by atomic mass is 32.1. The van der Waals surface area contributed by atoms with Crippen LogP contribution in [-0.4, -0.2) is 29.1 Å². The molecule has 0 N–H and O–H groups in total. The lowest BCUT2D eigenvalue weighted by atomic mass is 9.97. The Balaban J connectivity index is 1.83. The van der Waals surface area contributed by atoms with Crippen molar-refractivity contribution in [3.05, 3.63) is 48.3 Å². The SMILES string of the molecule is CCOC(=O)CC1(C)Oc2ccccc2N(c2nc3cccc(F)c3s2)C1=O. The fourth-order valence-electron chi connectivity index (χ4n) is 3.15. The number of hydrogen-bond donors (Lipinski definition) is 0. The van der Waals surface area contributed by atoms with Crippen molar-refractivity contribution >= 4 is 44.2 Å². The molecule has 6 nitrogen and oxygen atoms in total. The Bertz CT molecular complexity index is 1080. The molecular formula is C20H17FN2O4S. The number of carbonyl (C=O) groups excluding carboxylic acids is 2. The number of benzene rings is 2. The van der Waals surface area contributed by atoms with Gasteiger partial charge in [-0.15, -0.1) is 0 Å². The van der Waals surface area contributed by atoms with Gasteiger partial charge < -0.3 is 9.47 Å². The van der Waals surface area contributed by atoms with E-state index in [2.05, 4.69) is 4.98 Å². The van der Waals surface area contributed by atoms with Gasteiger partial charge in [-0.1, -0.05) is 29.5 Å². The first-order valence-electron chi connectivity index (χ1n) is 8.76. The number of esters is 1. The van der Waals surface area contributed by atoms with Crippen LogP contribution in [0.1, 0.15) is 20.3 Å². The second kappa shape index (κ2) is 6.87. The largest absolute Gasteiger partial charge is 0.475 e. The highest BCUT2D eigenvalue weighted by molar-refractivity contribution is 7.22. The number of thiazole rings is 1. The number of anilines is 2. The van der Waals surface area contributed by atoms with Crippen molar-refractivity contribution in [1.29, 1.82) is 0 Å². The zero-order chi connectivity index (χ0) is 19.9. The summed E-state index contributed by atoms with van der Waals surface area (Å²) in [5.41, 5.74) is -0.506. The third-order valence-corrected chi connectivity index (χ3v) is 5.50. The highest BCUT2D eigenvalue weighted by Crippen LogP contribution is 2.45. The summed E-state index contributed by atoms with van der Waals surface area (Å²) >= 11 is 1.07. The Morgan fingerprint density at radius 3 is 2.82 bits per heavy atom. The summed E-state index contributed by atoms with van der Waals surface area (Å²) in [5.74, 6) is -0.954. The minimum absolute atomic E-state index is 0.209. The van der Waals surface area contributed by atoms with Gasteiger partial charge in [-0.3, -0.25) is 9.59 Å². The molecule has 1 atom stereocenters. The lowest BCUT2D eigenvalue weighted by molar-refractivity contribution is -0.152. The number of hydrogen-bond acceptors (Lipinski definition) is 6. The Kier molecular flexibility index (Phi) is 4.50. The molecule has 0 spiro atoms. The summed E-state index contributed by atoms with van der Waals surface area (Å²) in [6.07, 6.45) is -0.246. The monoisotopic (exact) mass is 400 g/mol. The van der Waals surface area contributed by atoms with Gasteiger partial charge >= 0.3 is 5.97 Å². The van der Waals surface area contributed by atoms with Crippen molar-refractivity contribution in [2.24, 2.45) is 0 Å². The number of fused-ring (bicyclic) bond motifs is 2. The summed E-state index contributed by atoms with van der Waals surface area (Å²) in [5, 5.41) is 0.316. The van der Waals surface area contributed by atoms with E-state index in [1.165, 1.54) is 11.0 Å². The zero-order valence-corrected chi connectivity index (χ0v) is 16.1. The smallest absolute Gasteiger partial charge is 0.310 e. The molecule has 1 aliphatic heterocycles. The van der Waals surface area contributed by atoms with Crippen LogP contribution >= 0.6 is 11.3 Å². The van der Waals surface area contributed by atoms with Gasteiger partial charge in [-0.2, -0.15) is 0 Å². The highest BCUT2D eigenvalue weighted by Gasteiger charge is 2.48. The van der Waals surface area contributed by atoms with Gasteiger partial charge in [0.25, 0.3) is 5.91 Å². The van der Waals surface area contributed by atoms with Crippen LogP contribution in [0.5, 0.6) is 5.75 Å². The number of carbonyl (C=O) groups is 2. The van der Waals surface area contributed by atoms with Crippen molar-refractivity contribution in [2.45, 2.75) is 25.9 Å². The minimum atomic E-state index is -1.46. The topological polar surface area (TPSA) is 68.7 Å². The first kappa shape index (κ1) is 18.4. The number of nitrogens with zero attached hydrogens (tertiary/aromatic N) is 2. The number of ether oxygens (including phenoxy) is 2. The average Bonchev–Trinajstić information content (AvgIpc) is 3.08.